The number of phenols is 1. The van der Waals surface area contributed by atoms with Crippen LogP contribution in [0.15, 0.2) is 72.9 Å². The first kappa shape index (κ1) is 24.3. The zero-order valence-electron chi connectivity index (χ0n) is 21.0. The summed E-state index contributed by atoms with van der Waals surface area (Å²) in [5.74, 6) is 0.0492. The molecule has 37 heavy (non-hydrogen) atoms. The molecule has 0 aliphatic carbocycles. The van der Waals surface area contributed by atoms with E-state index in [4.69, 9.17) is 15.8 Å². The number of hydrogen-bond donors (Lipinski definition) is 3. The molecule has 1 amide bonds. The van der Waals surface area contributed by atoms with Gasteiger partial charge in [0.1, 0.15) is 11.6 Å². The zero-order chi connectivity index (χ0) is 26.3. The maximum absolute atomic E-state index is 11.5. The summed E-state index contributed by atoms with van der Waals surface area (Å²) in [6.07, 6.45) is 1.26. The molecule has 5 aromatic rings. The Morgan fingerprint density at radius 1 is 1.03 bits per heavy atom. The highest BCUT2D eigenvalue weighted by Crippen LogP contribution is 2.38. The van der Waals surface area contributed by atoms with Gasteiger partial charge in [0.05, 0.1) is 29.4 Å². The summed E-state index contributed by atoms with van der Waals surface area (Å²) in [6.45, 7) is 4.52. The molecular formula is C29H29N5O3. The van der Waals surface area contributed by atoms with Gasteiger partial charge in [0.2, 0.25) is 5.91 Å². The SMILES string of the molecule is CC(C)c1c(-c2cccc3nn(CC(O)c4ccccc4)cc23)nc(-c2ccc(C(N)=O)cc2O)n1C. The number of nitrogens with two attached hydrogens (primary N) is 1. The molecule has 0 radical (unpaired) electrons. The van der Waals surface area contributed by atoms with E-state index in [0.29, 0.717) is 17.9 Å². The Hall–Kier alpha value is -4.43. The molecule has 5 rings (SSSR count). The van der Waals surface area contributed by atoms with Gasteiger partial charge in [-0.05, 0) is 35.7 Å². The van der Waals surface area contributed by atoms with E-state index in [1.54, 1.807) is 16.8 Å². The Bertz CT molecular complexity index is 1600. The number of carbonyl (C=O) groups is 1. The van der Waals surface area contributed by atoms with Gasteiger partial charge in [-0.2, -0.15) is 5.10 Å². The molecule has 0 saturated heterocycles. The van der Waals surface area contributed by atoms with Crippen molar-refractivity contribution in [1.82, 2.24) is 19.3 Å². The number of hydrogen-bond acceptors (Lipinski definition) is 5. The van der Waals surface area contributed by atoms with E-state index < -0.39 is 12.0 Å². The molecule has 2 aromatic heterocycles. The lowest BCUT2D eigenvalue weighted by Crippen LogP contribution is -2.10. The maximum Gasteiger partial charge on any atom is 0.248 e. The summed E-state index contributed by atoms with van der Waals surface area (Å²) in [7, 11) is 1.92. The third kappa shape index (κ3) is 4.47. The second-order valence-electron chi connectivity index (χ2n) is 9.50. The molecule has 8 nitrogen and oxygen atoms in total. The van der Waals surface area contributed by atoms with Gasteiger partial charge < -0.3 is 20.5 Å². The first-order valence-electron chi connectivity index (χ1n) is 12.1. The monoisotopic (exact) mass is 495 g/mol. The molecule has 0 aliphatic rings. The van der Waals surface area contributed by atoms with Crippen molar-refractivity contribution in [3.05, 3.63) is 89.7 Å². The largest absolute Gasteiger partial charge is 0.507 e. The van der Waals surface area contributed by atoms with Gasteiger partial charge in [0, 0.05) is 35.5 Å². The van der Waals surface area contributed by atoms with Crippen LogP contribution in [0.5, 0.6) is 5.75 Å². The highest BCUT2D eigenvalue weighted by Gasteiger charge is 2.23. The second kappa shape index (κ2) is 9.55. The highest BCUT2D eigenvalue weighted by molar-refractivity contribution is 5.95. The van der Waals surface area contributed by atoms with Crippen LogP contribution in [0.1, 0.15) is 47.5 Å². The lowest BCUT2D eigenvalue weighted by atomic mass is 10.0. The van der Waals surface area contributed by atoms with Crippen molar-refractivity contribution >= 4 is 16.8 Å². The maximum atomic E-state index is 11.5. The van der Waals surface area contributed by atoms with E-state index in [9.17, 15) is 15.0 Å². The van der Waals surface area contributed by atoms with Crippen LogP contribution in [0.3, 0.4) is 0 Å². The van der Waals surface area contributed by atoms with E-state index in [-0.39, 0.29) is 17.2 Å². The zero-order valence-corrected chi connectivity index (χ0v) is 21.0. The summed E-state index contributed by atoms with van der Waals surface area (Å²) >= 11 is 0. The number of carbonyl (C=O) groups excluding carboxylic acids is 1. The molecule has 2 heterocycles. The molecule has 0 bridgehead atoms. The lowest BCUT2D eigenvalue weighted by Gasteiger charge is -2.12. The Morgan fingerprint density at radius 3 is 2.46 bits per heavy atom. The Labute approximate surface area is 214 Å². The van der Waals surface area contributed by atoms with Crippen LogP contribution in [0.2, 0.25) is 0 Å². The third-order valence-corrected chi connectivity index (χ3v) is 6.61. The number of benzene rings is 3. The van der Waals surface area contributed by atoms with Crippen LogP contribution in [0.25, 0.3) is 33.5 Å². The first-order valence-corrected chi connectivity index (χ1v) is 12.1. The van der Waals surface area contributed by atoms with Crippen molar-refractivity contribution in [3.8, 4) is 28.4 Å². The summed E-state index contributed by atoms with van der Waals surface area (Å²) in [6, 6.07) is 20.0. The average molecular weight is 496 g/mol. The molecule has 4 N–H and O–H groups in total. The summed E-state index contributed by atoms with van der Waals surface area (Å²) in [5, 5.41) is 27.0. The molecule has 1 atom stereocenters. The van der Waals surface area contributed by atoms with Crippen LogP contribution in [0.4, 0.5) is 0 Å². The lowest BCUT2D eigenvalue weighted by molar-refractivity contribution is 0.1000. The molecule has 0 spiro atoms. The van der Waals surface area contributed by atoms with Crippen molar-refractivity contribution < 1.29 is 15.0 Å². The van der Waals surface area contributed by atoms with Crippen LogP contribution < -0.4 is 5.73 Å². The van der Waals surface area contributed by atoms with Gasteiger partial charge in [-0.15, -0.1) is 0 Å². The fourth-order valence-electron chi connectivity index (χ4n) is 4.83. The van der Waals surface area contributed by atoms with Gasteiger partial charge >= 0.3 is 0 Å². The van der Waals surface area contributed by atoms with Crippen LogP contribution in [-0.4, -0.2) is 35.5 Å². The molecule has 3 aromatic carbocycles. The fourth-order valence-corrected chi connectivity index (χ4v) is 4.83. The van der Waals surface area contributed by atoms with Gasteiger partial charge in [-0.25, -0.2) is 4.98 Å². The number of aromatic nitrogens is 4. The van der Waals surface area contributed by atoms with E-state index >= 15 is 0 Å². The van der Waals surface area contributed by atoms with E-state index in [1.165, 1.54) is 6.07 Å². The summed E-state index contributed by atoms with van der Waals surface area (Å²) in [4.78, 5) is 16.5. The average Bonchev–Trinajstić information content (AvgIpc) is 3.44. The number of rotatable bonds is 7. The molecule has 0 fully saturated rings. The third-order valence-electron chi connectivity index (χ3n) is 6.61. The Kier molecular flexibility index (Phi) is 6.27. The minimum absolute atomic E-state index is 0.0628. The van der Waals surface area contributed by atoms with E-state index in [0.717, 1.165) is 33.4 Å². The number of aromatic hydroxyl groups is 1. The van der Waals surface area contributed by atoms with Crippen LogP contribution in [0, 0.1) is 0 Å². The quantitative estimate of drug-likeness (QED) is 0.301. The normalized spacial score (nSPS) is 12.4. The van der Waals surface area contributed by atoms with Crippen LogP contribution >= 0.6 is 0 Å². The minimum atomic E-state index is -0.682. The number of phenolic OH excluding ortho intramolecular Hbond substituents is 1. The highest BCUT2D eigenvalue weighted by atomic mass is 16.3. The smallest absolute Gasteiger partial charge is 0.248 e. The number of amides is 1. The first-order chi connectivity index (χ1) is 17.7. The van der Waals surface area contributed by atoms with Crippen molar-refractivity contribution in [3.63, 3.8) is 0 Å². The number of fused-ring (bicyclic) bond motifs is 1. The standard InChI is InChI=1S/C29H29N5O3/c1-17(2)27-26(31-29(33(27)3)21-13-12-19(28(30)37)14-24(21)35)20-10-7-11-23-22(20)15-34(32-23)16-25(36)18-8-5-4-6-9-18/h4-15,17,25,35-36H,16H2,1-3H3,(H2,30,37). The Balaban J connectivity index is 1.60. The molecule has 8 heteroatoms. The van der Waals surface area contributed by atoms with Crippen molar-refractivity contribution in [2.24, 2.45) is 12.8 Å². The van der Waals surface area contributed by atoms with Crippen molar-refractivity contribution in [1.29, 1.82) is 0 Å². The molecule has 1 unspecified atom stereocenters. The predicted octanol–water partition coefficient (Wildman–Crippen LogP) is 4.77. The van der Waals surface area contributed by atoms with Crippen molar-refractivity contribution in [2.45, 2.75) is 32.4 Å². The van der Waals surface area contributed by atoms with E-state index in [2.05, 4.69) is 13.8 Å². The number of aliphatic hydroxyl groups is 1. The van der Waals surface area contributed by atoms with Gasteiger partial charge in [0.25, 0.3) is 0 Å². The van der Waals surface area contributed by atoms with Crippen molar-refractivity contribution in [2.75, 3.05) is 0 Å². The number of aliphatic hydroxyl groups excluding tert-OH is 1. The van der Waals surface area contributed by atoms with Gasteiger partial charge in [0.15, 0.2) is 0 Å². The van der Waals surface area contributed by atoms with Gasteiger partial charge in [-0.3, -0.25) is 9.48 Å². The predicted molar refractivity (Wildman–Crippen MR) is 143 cm³/mol. The van der Waals surface area contributed by atoms with Gasteiger partial charge in [-0.1, -0.05) is 56.3 Å². The minimum Gasteiger partial charge on any atom is -0.507 e. The fraction of sp³-hybridized carbons (Fsp3) is 0.207. The second-order valence-corrected chi connectivity index (χ2v) is 9.50. The molecule has 0 aliphatic heterocycles. The number of imidazole rings is 1. The van der Waals surface area contributed by atoms with Crippen LogP contribution in [-0.2, 0) is 13.6 Å². The summed E-state index contributed by atoms with van der Waals surface area (Å²) in [5.41, 5.74) is 10.4. The molecule has 188 valence electrons. The molecule has 0 saturated carbocycles. The number of nitrogens with zero attached hydrogens (tertiary/aromatic N) is 4. The summed E-state index contributed by atoms with van der Waals surface area (Å²) < 4.78 is 3.74. The van der Waals surface area contributed by atoms with E-state index in [1.807, 2.05) is 66.3 Å². The Morgan fingerprint density at radius 2 is 1.78 bits per heavy atom. The number of primary amides is 1. The topological polar surface area (TPSA) is 119 Å². The molecular weight excluding hydrogens is 466 g/mol.